The normalized spacial score (nSPS) is 12.0. The zero-order chi connectivity index (χ0) is 20.6. The van der Waals surface area contributed by atoms with Crippen LogP contribution in [0.5, 0.6) is 0 Å². The number of nitrogens with two attached hydrogens (primary N) is 1. The van der Waals surface area contributed by atoms with E-state index in [1.54, 1.807) is 12.1 Å². The van der Waals surface area contributed by atoms with Gasteiger partial charge in [-0.05, 0) is 37.3 Å². The van der Waals surface area contributed by atoms with Crippen LogP contribution < -0.4 is 5.14 Å². The van der Waals surface area contributed by atoms with Crippen molar-refractivity contribution in [2.75, 3.05) is 0 Å². The van der Waals surface area contributed by atoms with E-state index in [4.69, 9.17) is 21.2 Å². The minimum atomic E-state index is -3.79. The fourth-order valence-electron chi connectivity index (χ4n) is 2.86. The standard InChI is InChI=1S/C18H16ClN5O3S2/c1-2-24-15-8-7-11(29(20,25)26)9-14(15)21-18(24)28-10-16-22-23-17(27-16)12-5-3-4-6-13(12)19/h3-9H,2,10H2,1H3,(H2,20,25,26). The average Bonchev–Trinajstić information content (AvgIpc) is 3.29. The predicted molar refractivity (Wildman–Crippen MR) is 111 cm³/mol. The van der Waals surface area contributed by atoms with Crippen LogP contribution in [0.4, 0.5) is 0 Å². The maximum Gasteiger partial charge on any atom is 0.249 e. The second-order valence-corrected chi connectivity index (χ2v) is 9.01. The van der Waals surface area contributed by atoms with Crippen LogP contribution >= 0.6 is 23.4 Å². The Morgan fingerprint density at radius 2 is 2.00 bits per heavy atom. The average molecular weight is 450 g/mol. The molecule has 2 aromatic heterocycles. The lowest BCUT2D eigenvalue weighted by atomic mass is 10.2. The van der Waals surface area contributed by atoms with Crippen molar-refractivity contribution in [1.29, 1.82) is 0 Å². The third kappa shape index (κ3) is 4.01. The predicted octanol–water partition coefficient (Wildman–Crippen LogP) is 3.70. The smallest absolute Gasteiger partial charge is 0.249 e. The zero-order valence-electron chi connectivity index (χ0n) is 15.2. The molecule has 0 unspecified atom stereocenters. The van der Waals surface area contributed by atoms with Gasteiger partial charge in [-0.2, -0.15) is 0 Å². The number of hydrogen-bond acceptors (Lipinski definition) is 7. The summed E-state index contributed by atoms with van der Waals surface area (Å²) in [6, 6.07) is 11.9. The van der Waals surface area contributed by atoms with E-state index in [1.165, 1.54) is 23.9 Å². The number of aromatic nitrogens is 4. The Balaban J connectivity index is 1.59. The number of hydrogen-bond donors (Lipinski definition) is 1. The Bertz CT molecular complexity index is 1300. The van der Waals surface area contributed by atoms with Crippen molar-refractivity contribution in [3.8, 4) is 11.5 Å². The van der Waals surface area contributed by atoms with Crippen LogP contribution in [0.25, 0.3) is 22.5 Å². The molecule has 0 aliphatic carbocycles. The molecule has 4 rings (SSSR count). The topological polar surface area (TPSA) is 117 Å². The number of benzene rings is 2. The summed E-state index contributed by atoms with van der Waals surface area (Å²) < 4.78 is 30.9. The second kappa shape index (κ2) is 7.79. The van der Waals surface area contributed by atoms with E-state index in [0.717, 1.165) is 5.52 Å². The summed E-state index contributed by atoms with van der Waals surface area (Å²) in [6.45, 7) is 2.66. The third-order valence-corrected chi connectivity index (χ3v) is 6.43. The second-order valence-electron chi connectivity index (χ2n) is 6.10. The number of thioether (sulfide) groups is 1. The summed E-state index contributed by atoms with van der Waals surface area (Å²) in [5.74, 6) is 1.20. The number of nitrogens with zero attached hydrogens (tertiary/aromatic N) is 4. The number of rotatable bonds is 6. The molecule has 0 amide bonds. The molecule has 0 spiro atoms. The number of imidazole rings is 1. The Kier molecular flexibility index (Phi) is 5.34. The van der Waals surface area contributed by atoms with Gasteiger partial charge < -0.3 is 8.98 Å². The molecule has 0 saturated heterocycles. The summed E-state index contributed by atoms with van der Waals surface area (Å²) in [5, 5.41) is 14.6. The van der Waals surface area contributed by atoms with E-state index in [-0.39, 0.29) is 4.90 Å². The Morgan fingerprint density at radius 1 is 1.21 bits per heavy atom. The number of halogens is 1. The van der Waals surface area contributed by atoms with Crippen molar-refractivity contribution in [3.05, 3.63) is 53.4 Å². The molecule has 2 heterocycles. The highest BCUT2D eigenvalue weighted by molar-refractivity contribution is 7.98. The highest BCUT2D eigenvalue weighted by atomic mass is 35.5. The van der Waals surface area contributed by atoms with Crippen molar-refractivity contribution in [1.82, 2.24) is 19.7 Å². The molecule has 0 radical (unpaired) electrons. The molecule has 29 heavy (non-hydrogen) atoms. The molecule has 2 N–H and O–H groups in total. The van der Waals surface area contributed by atoms with Crippen LogP contribution in [0, 0.1) is 0 Å². The number of primary sulfonamides is 1. The van der Waals surface area contributed by atoms with Gasteiger partial charge in [-0.15, -0.1) is 10.2 Å². The highest BCUT2D eigenvalue weighted by Gasteiger charge is 2.16. The quantitative estimate of drug-likeness (QED) is 0.446. The minimum absolute atomic E-state index is 0.0311. The van der Waals surface area contributed by atoms with Gasteiger partial charge >= 0.3 is 0 Å². The molecule has 11 heteroatoms. The summed E-state index contributed by atoms with van der Waals surface area (Å²) in [6.07, 6.45) is 0. The Labute approximate surface area is 176 Å². The molecule has 0 atom stereocenters. The van der Waals surface area contributed by atoms with Gasteiger partial charge in [0.05, 0.1) is 32.3 Å². The van der Waals surface area contributed by atoms with Crippen LogP contribution in [-0.2, 0) is 22.3 Å². The summed E-state index contributed by atoms with van der Waals surface area (Å²) >= 11 is 7.59. The van der Waals surface area contributed by atoms with E-state index in [2.05, 4.69) is 15.2 Å². The lowest BCUT2D eigenvalue weighted by molar-refractivity contribution is 0.528. The van der Waals surface area contributed by atoms with E-state index in [0.29, 0.717) is 45.3 Å². The van der Waals surface area contributed by atoms with Gasteiger partial charge in [0.1, 0.15) is 0 Å². The summed E-state index contributed by atoms with van der Waals surface area (Å²) in [5.41, 5.74) is 2.06. The SMILES string of the molecule is CCn1c(SCc2nnc(-c3ccccc3Cl)o2)nc2cc(S(N)(=O)=O)ccc21. The van der Waals surface area contributed by atoms with Crippen LogP contribution in [-0.4, -0.2) is 28.2 Å². The van der Waals surface area contributed by atoms with Gasteiger partial charge in [0, 0.05) is 6.54 Å². The number of fused-ring (bicyclic) bond motifs is 1. The largest absolute Gasteiger partial charge is 0.420 e. The van der Waals surface area contributed by atoms with Gasteiger partial charge in [-0.3, -0.25) is 0 Å². The molecular weight excluding hydrogens is 434 g/mol. The van der Waals surface area contributed by atoms with Gasteiger partial charge in [0.25, 0.3) is 0 Å². The van der Waals surface area contributed by atoms with Crippen LogP contribution in [0.1, 0.15) is 12.8 Å². The zero-order valence-corrected chi connectivity index (χ0v) is 17.6. The van der Waals surface area contributed by atoms with Crippen LogP contribution in [0.2, 0.25) is 5.02 Å². The summed E-state index contributed by atoms with van der Waals surface area (Å²) in [4.78, 5) is 4.58. The lowest BCUT2D eigenvalue weighted by Crippen LogP contribution is -2.11. The molecule has 0 aliphatic rings. The lowest BCUT2D eigenvalue weighted by Gasteiger charge is -2.04. The molecule has 8 nitrogen and oxygen atoms in total. The van der Waals surface area contributed by atoms with Crippen molar-refractivity contribution in [2.24, 2.45) is 5.14 Å². The van der Waals surface area contributed by atoms with Gasteiger partial charge in [-0.1, -0.05) is 35.5 Å². The first-order valence-electron chi connectivity index (χ1n) is 8.60. The van der Waals surface area contributed by atoms with Crippen molar-refractivity contribution in [2.45, 2.75) is 29.3 Å². The van der Waals surface area contributed by atoms with Crippen LogP contribution in [0.3, 0.4) is 0 Å². The van der Waals surface area contributed by atoms with E-state index < -0.39 is 10.0 Å². The first-order chi connectivity index (χ1) is 13.9. The van der Waals surface area contributed by atoms with E-state index in [1.807, 2.05) is 29.7 Å². The molecule has 2 aromatic carbocycles. The molecule has 150 valence electrons. The number of aryl methyl sites for hydroxylation is 1. The number of sulfonamides is 1. The molecule has 0 bridgehead atoms. The highest BCUT2D eigenvalue weighted by Crippen LogP contribution is 2.30. The summed E-state index contributed by atoms with van der Waals surface area (Å²) in [7, 11) is -3.79. The third-order valence-electron chi connectivity index (χ3n) is 4.23. The van der Waals surface area contributed by atoms with Crippen molar-refractivity contribution >= 4 is 44.4 Å². The molecule has 4 aromatic rings. The van der Waals surface area contributed by atoms with Crippen LogP contribution in [0.15, 0.2) is 56.9 Å². The fourth-order valence-corrected chi connectivity index (χ4v) is 4.53. The van der Waals surface area contributed by atoms with Gasteiger partial charge in [0.15, 0.2) is 5.16 Å². The molecular formula is C18H16ClN5O3S2. The van der Waals surface area contributed by atoms with Gasteiger partial charge in [0.2, 0.25) is 21.8 Å². The minimum Gasteiger partial charge on any atom is -0.420 e. The van der Waals surface area contributed by atoms with E-state index in [9.17, 15) is 8.42 Å². The molecule has 0 fully saturated rings. The van der Waals surface area contributed by atoms with Gasteiger partial charge in [-0.25, -0.2) is 18.5 Å². The Hall–Kier alpha value is -2.40. The van der Waals surface area contributed by atoms with Crippen molar-refractivity contribution in [3.63, 3.8) is 0 Å². The Morgan fingerprint density at radius 3 is 2.72 bits per heavy atom. The monoisotopic (exact) mass is 449 g/mol. The molecule has 0 aliphatic heterocycles. The van der Waals surface area contributed by atoms with Crippen molar-refractivity contribution < 1.29 is 12.8 Å². The first kappa shape index (κ1) is 19.9. The first-order valence-corrected chi connectivity index (χ1v) is 11.5. The maximum absolute atomic E-state index is 11.6. The maximum atomic E-state index is 11.6. The van der Waals surface area contributed by atoms with E-state index >= 15 is 0 Å². The molecule has 0 saturated carbocycles. The fraction of sp³-hybridized carbons (Fsp3) is 0.167.